The van der Waals surface area contributed by atoms with Gasteiger partial charge in [-0.3, -0.25) is 19.3 Å². The smallest absolute Gasteiger partial charge is 0.321 e. The molecule has 5 N–H and O–H groups in total. The minimum absolute atomic E-state index is 0.0735. The Kier molecular flexibility index (Phi) is 16.3. The average Bonchev–Trinajstić information content (AvgIpc) is 3.09. The van der Waals surface area contributed by atoms with E-state index in [0.29, 0.717) is 11.5 Å². The van der Waals surface area contributed by atoms with Crippen molar-refractivity contribution in [1.82, 2.24) is 4.90 Å². The van der Waals surface area contributed by atoms with Gasteiger partial charge in [-0.15, -0.1) is 0 Å². The lowest BCUT2D eigenvalue weighted by atomic mass is 10.1. The summed E-state index contributed by atoms with van der Waals surface area (Å²) in [5.41, 5.74) is 8.19. The summed E-state index contributed by atoms with van der Waals surface area (Å²) in [6.45, 7) is 8.56. The SMILES string of the molecule is CC(C)=CCC/C(C)=C/CC/C(C)=C/CSCC(C(=O)O)N1CC(O)CC1C(=O)O.NC=O. The molecule has 1 amide bonds. The first-order valence-corrected chi connectivity index (χ1v) is 12.3. The fraction of sp³-hybridized carbons (Fsp3) is 0.625. The van der Waals surface area contributed by atoms with Crippen LogP contribution in [-0.4, -0.2) is 74.8 Å². The van der Waals surface area contributed by atoms with Crippen molar-refractivity contribution in [3.05, 3.63) is 34.9 Å². The van der Waals surface area contributed by atoms with Crippen molar-refractivity contribution in [2.45, 2.75) is 78.0 Å². The zero-order valence-corrected chi connectivity index (χ0v) is 21.0. The number of aliphatic hydroxyl groups is 1. The maximum atomic E-state index is 11.7. The van der Waals surface area contributed by atoms with E-state index in [-0.39, 0.29) is 19.4 Å². The van der Waals surface area contributed by atoms with E-state index in [1.165, 1.54) is 33.4 Å². The molecule has 0 spiro atoms. The van der Waals surface area contributed by atoms with E-state index in [1.807, 2.05) is 0 Å². The molecule has 0 radical (unpaired) electrons. The molecule has 188 valence electrons. The molecule has 1 saturated heterocycles. The highest BCUT2D eigenvalue weighted by atomic mass is 32.2. The van der Waals surface area contributed by atoms with Crippen LogP contribution in [0.2, 0.25) is 0 Å². The van der Waals surface area contributed by atoms with Crippen LogP contribution in [0.3, 0.4) is 0 Å². The van der Waals surface area contributed by atoms with Crippen molar-refractivity contribution in [2.24, 2.45) is 5.73 Å². The van der Waals surface area contributed by atoms with Crippen molar-refractivity contribution >= 4 is 30.1 Å². The third kappa shape index (κ3) is 13.9. The number of carbonyl (C=O) groups is 3. The van der Waals surface area contributed by atoms with Crippen molar-refractivity contribution < 1.29 is 29.7 Å². The molecule has 3 atom stereocenters. The quantitative estimate of drug-likeness (QED) is 0.177. The molecule has 1 aliphatic heterocycles. The van der Waals surface area contributed by atoms with E-state index in [9.17, 15) is 24.9 Å². The summed E-state index contributed by atoms with van der Waals surface area (Å²) in [6.07, 6.45) is 10.3. The van der Waals surface area contributed by atoms with Crippen LogP contribution in [-0.2, 0) is 14.4 Å². The number of thioether (sulfide) groups is 1. The lowest BCUT2D eigenvalue weighted by molar-refractivity contribution is -0.148. The molecular formula is C24H40N2O6S. The monoisotopic (exact) mass is 484 g/mol. The number of nitrogens with two attached hydrogens (primary N) is 1. The molecule has 0 aliphatic carbocycles. The molecule has 3 unspecified atom stereocenters. The second kappa shape index (κ2) is 17.4. The number of primary amides is 1. The molecule has 1 heterocycles. The van der Waals surface area contributed by atoms with Crippen molar-refractivity contribution in [1.29, 1.82) is 0 Å². The van der Waals surface area contributed by atoms with Gasteiger partial charge in [-0.25, -0.2) is 0 Å². The number of allylic oxidation sites excluding steroid dienone is 5. The number of carboxylic acids is 2. The van der Waals surface area contributed by atoms with Gasteiger partial charge in [0.1, 0.15) is 12.1 Å². The van der Waals surface area contributed by atoms with Crippen LogP contribution in [0.1, 0.15) is 59.8 Å². The Bertz CT molecular complexity index is 716. The van der Waals surface area contributed by atoms with Crippen LogP contribution < -0.4 is 5.73 Å². The topological polar surface area (TPSA) is 141 Å². The molecular weight excluding hydrogens is 444 g/mol. The van der Waals surface area contributed by atoms with Crippen LogP contribution in [0.15, 0.2) is 34.9 Å². The minimum atomic E-state index is -1.08. The van der Waals surface area contributed by atoms with Gasteiger partial charge < -0.3 is 21.1 Å². The number of hydrogen-bond acceptors (Lipinski definition) is 6. The molecule has 0 aromatic heterocycles. The molecule has 1 rings (SSSR count). The largest absolute Gasteiger partial charge is 0.480 e. The zero-order chi connectivity index (χ0) is 25.4. The summed E-state index contributed by atoms with van der Waals surface area (Å²) in [5.74, 6) is -1.15. The van der Waals surface area contributed by atoms with Crippen molar-refractivity contribution in [3.8, 4) is 0 Å². The van der Waals surface area contributed by atoms with E-state index >= 15 is 0 Å². The van der Waals surface area contributed by atoms with Gasteiger partial charge in [-0.05, 0) is 53.4 Å². The van der Waals surface area contributed by atoms with E-state index in [1.54, 1.807) is 0 Å². The number of carbonyl (C=O) groups excluding carboxylic acids is 1. The predicted molar refractivity (Wildman–Crippen MR) is 133 cm³/mol. The highest BCUT2D eigenvalue weighted by Gasteiger charge is 2.42. The maximum absolute atomic E-state index is 11.7. The molecule has 0 bridgehead atoms. The molecule has 9 heteroatoms. The average molecular weight is 485 g/mol. The molecule has 0 aromatic carbocycles. The van der Waals surface area contributed by atoms with Crippen molar-refractivity contribution in [2.75, 3.05) is 18.1 Å². The summed E-state index contributed by atoms with van der Waals surface area (Å²) in [4.78, 5) is 33.0. The number of carboxylic acid groups (broad SMARTS) is 2. The van der Waals surface area contributed by atoms with E-state index < -0.39 is 30.1 Å². The molecule has 33 heavy (non-hydrogen) atoms. The van der Waals surface area contributed by atoms with Crippen LogP contribution in [0.25, 0.3) is 0 Å². The number of rotatable bonds is 13. The van der Waals surface area contributed by atoms with Gasteiger partial charge in [0.25, 0.3) is 0 Å². The van der Waals surface area contributed by atoms with Gasteiger partial charge in [0, 0.05) is 24.5 Å². The molecule has 0 aromatic rings. The molecule has 1 aliphatic rings. The molecule has 1 fully saturated rings. The molecule has 0 saturated carbocycles. The second-order valence-corrected chi connectivity index (χ2v) is 9.50. The predicted octanol–water partition coefficient (Wildman–Crippen LogP) is 3.21. The lowest BCUT2D eigenvalue weighted by Gasteiger charge is -2.27. The fourth-order valence-electron chi connectivity index (χ4n) is 3.45. The van der Waals surface area contributed by atoms with Gasteiger partial charge in [0.15, 0.2) is 0 Å². The van der Waals surface area contributed by atoms with Crippen molar-refractivity contribution in [3.63, 3.8) is 0 Å². The van der Waals surface area contributed by atoms with Crippen LogP contribution in [0.4, 0.5) is 0 Å². The van der Waals surface area contributed by atoms with Gasteiger partial charge in [-0.2, -0.15) is 11.8 Å². The van der Waals surface area contributed by atoms with E-state index in [4.69, 9.17) is 4.79 Å². The number of aliphatic carboxylic acids is 2. The standard InChI is InChI=1S/C23H37NO5S.CH3NO/c1-16(2)7-5-8-17(3)9-6-10-18(4)11-12-30-15-21(23(28)29)24-14-19(25)13-20(24)22(26)27;2-1-3/h7,9,11,19-21,25H,5-6,8,10,12-15H2,1-4H3,(H,26,27)(H,28,29);1H,(H2,2,3)/b17-9+,18-11+;. The Morgan fingerprint density at radius 2 is 1.61 bits per heavy atom. The Morgan fingerprint density at radius 1 is 1.06 bits per heavy atom. The fourth-order valence-corrected chi connectivity index (χ4v) is 4.55. The number of β-amino-alcohol motifs (C(OH)–C–C–N with tert-alkyl or cyclic N) is 1. The zero-order valence-electron chi connectivity index (χ0n) is 20.2. The van der Waals surface area contributed by atoms with Crippen LogP contribution >= 0.6 is 11.8 Å². The maximum Gasteiger partial charge on any atom is 0.321 e. The Balaban J connectivity index is 0.00000322. The number of aliphatic hydroxyl groups excluding tert-OH is 1. The Hall–Kier alpha value is -2.10. The van der Waals surface area contributed by atoms with E-state index in [2.05, 4.69) is 51.7 Å². The third-order valence-electron chi connectivity index (χ3n) is 5.24. The summed E-state index contributed by atoms with van der Waals surface area (Å²) >= 11 is 1.48. The first-order valence-electron chi connectivity index (χ1n) is 11.1. The van der Waals surface area contributed by atoms with Gasteiger partial charge in [0.2, 0.25) is 6.41 Å². The van der Waals surface area contributed by atoms with Crippen LogP contribution in [0, 0.1) is 0 Å². The van der Waals surface area contributed by atoms with Gasteiger partial charge >= 0.3 is 11.9 Å². The first kappa shape index (κ1) is 30.9. The number of likely N-dealkylation sites (tertiary alicyclic amines) is 1. The third-order valence-corrected chi connectivity index (χ3v) is 6.19. The Labute approximate surface area is 201 Å². The minimum Gasteiger partial charge on any atom is -0.480 e. The number of amides is 1. The van der Waals surface area contributed by atoms with Crippen LogP contribution in [0.5, 0.6) is 0 Å². The van der Waals surface area contributed by atoms with Gasteiger partial charge in [-0.1, -0.05) is 34.9 Å². The number of nitrogens with zero attached hydrogens (tertiary/aromatic N) is 1. The second-order valence-electron chi connectivity index (χ2n) is 8.43. The van der Waals surface area contributed by atoms with Gasteiger partial charge in [0.05, 0.1) is 6.10 Å². The summed E-state index contributed by atoms with van der Waals surface area (Å²) in [6, 6.07) is -1.85. The van der Waals surface area contributed by atoms with E-state index in [0.717, 1.165) is 25.7 Å². The Morgan fingerprint density at radius 3 is 2.12 bits per heavy atom. The highest BCUT2D eigenvalue weighted by molar-refractivity contribution is 7.99. The molecule has 8 nitrogen and oxygen atoms in total. The highest BCUT2D eigenvalue weighted by Crippen LogP contribution is 2.23. The normalized spacial score (nSPS) is 19.9. The summed E-state index contributed by atoms with van der Waals surface area (Å²) in [7, 11) is 0. The number of hydrogen-bond donors (Lipinski definition) is 4. The first-order chi connectivity index (χ1) is 15.5. The summed E-state index contributed by atoms with van der Waals surface area (Å²) < 4.78 is 0. The lowest BCUT2D eigenvalue weighted by Crippen LogP contribution is -2.48. The summed E-state index contributed by atoms with van der Waals surface area (Å²) in [5, 5.41) is 28.6.